The van der Waals surface area contributed by atoms with E-state index in [2.05, 4.69) is 15.5 Å². The molecular formula is C18H31N3O2. The van der Waals surface area contributed by atoms with Crippen molar-refractivity contribution in [1.82, 2.24) is 15.5 Å². The molecule has 0 bridgehead atoms. The van der Waals surface area contributed by atoms with Gasteiger partial charge in [0.15, 0.2) is 0 Å². The maximum absolute atomic E-state index is 12.5. The van der Waals surface area contributed by atoms with Crippen LogP contribution in [0.5, 0.6) is 0 Å². The second kappa shape index (κ2) is 7.95. The van der Waals surface area contributed by atoms with Gasteiger partial charge in [0.25, 0.3) is 0 Å². The van der Waals surface area contributed by atoms with E-state index in [-0.39, 0.29) is 23.8 Å². The van der Waals surface area contributed by atoms with Crippen molar-refractivity contribution in [1.29, 1.82) is 0 Å². The minimum Gasteiger partial charge on any atom is -0.396 e. The second-order valence-corrected chi connectivity index (χ2v) is 7.27. The number of H-pyrrole nitrogens is 1. The van der Waals surface area contributed by atoms with Gasteiger partial charge < -0.3 is 10.4 Å². The molecule has 0 radical (unpaired) electrons. The number of hydrogen-bond donors (Lipinski definition) is 3. The first kappa shape index (κ1) is 18.0. The van der Waals surface area contributed by atoms with Gasteiger partial charge in [-0.1, -0.05) is 26.2 Å². The molecule has 1 aromatic heterocycles. The molecule has 1 aliphatic carbocycles. The molecule has 1 aliphatic rings. The number of amides is 1. The van der Waals surface area contributed by atoms with Crippen molar-refractivity contribution in [2.24, 2.45) is 11.3 Å². The van der Waals surface area contributed by atoms with E-state index in [9.17, 15) is 9.90 Å². The number of aliphatic hydroxyl groups excluding tert-OH is 1. The molecule has 5 heteroatoms. The fourth-order valence-corrected chi connectivity index (χ4v) is 3.78. The van der Waals surface area contributed by atoms with Gasteiger partial charge >= 0.3 is 0 Å². The Morgan fingerprint density at radius 3 is 2.61 bits per heavy atom. The number of aryl methyl sites for hydroxylation is 2. The summed E-state index contributed by atoms with van der Waals surface area (Å²) in [6, 6.07) is 0. The Hall–Kier alpha value is -1.36. The van der Waals surface area contributed by atoms with Crippen molar-refractivity contribution in [2.75, 3.05) is 13.2 Å². The van der Waals surface area contributed by atoms with Gasteiger partial charge in [0, 0.05) is 24.8 Å². The van der Waals surface area contributed by atoms with Gasteiger partial charge in [-0.2, -0.15) is 5.10 Å². The Labute approximate surface area is 139 Å². The summed E-state index contributed by atoms with van der Waals surface area (Å²) in [5.74, 6) is 0.0349. The zero-order valence-electron chi connectivity index (χ0n) is 14.7. The van der Waals surface area contributed by atoms with Crippen LogP contribution in [0, 0.1) is 25.2 Å². The van der Waals surface area contributed by atoms with Crippen molar-refractivity contribution in [2.45, 2.75) is 65.7 Å². The molecule has 0 aromatic carbocycles. The van der Waals surface area contributed by atoms with Crippen LogP contribution < -0.4 is 5.32 Å². The van der Waals surface area contributed by atoms with Crippen molar-refractivity contribution < 1.29 is 9.90 Å². The number of nitrogens with one attached hydrogen (secondary N) is 2. The monoisotopic (exact) mass is 321 g/mol. The predicted molar refractivity (Wildman–Crippen MR) is 91.2 cm³/mol. The first-order valence-electron chi connectivity index (χ1n) is 8.86. The Balaban J connectivity index is 1.90. The Bertz CT molecular complexity index is 493. The highest BCUT2D eigenvalue weighted by molar-refractivity contribution is 5.78. The van der Waals surface area contributed by atoms with Crippen LogP contribution in [0.3, 0.4) is 0 Å². The number of aromatic nitrogens is 2. The van der Waals surface area contributed by atoms with Gasteiger partial charge in [-0.05, 0) is 50.5 Å². The minimum atomic E-state index is -0.0697. The van der Waals surface area contributed by atoms with E-state index in [4.69, 9.17) is 0 Å². The smallest absolute Gasteiger partial charge is 0.223 e. The van der Waals surface area contributed by atoms with Crippen molar-refractivity contribution in [3.8, 4) is 0 Å². The van der Waals surface area contributed by atoms with E-state index in [1.165, 1.54) is 19.3 Å². The lowest BCUT2D eigenvalue weighted by Crippen LogP contribution is -2.41. The van der Waals surface area contributed by atoms with Gasteiger partial charge in [-0.15, -0.1) is 0 Å². The van der Waals surface area contributed by atoms with Crippen LogP contribution >= 0.6 is 0 Å². The van der Waals surface area contributed by atoms with E-state index in [1.54, 1.807) is 0 Å². The molecule has 1 saturated carbocycles. The maximum atomic E-state index is 12.5. The minimum absolute atomic E-state index is 0.0697. The molecule has 1 unspecified atom stereocenters. The highest BCUT2D eigenvalue weighted by Gasteiger charge is 2.32. The molecule has 1 amide bonds. The molecule has 23 heavy (non-hydrogen) atoms. The largest absolute Gasteiger partial charge is 0.396 e. The third kappa shape index (κ3) is 4.56. The summed E-state index contributed by atoms with van der Waals surface area (Å²) in [6.07, 6.45) is 7.42. The first-order valence-corrected chi connectivity index (χ1v) is 8.86. The first-order chi connectivity index (χ1) is 11.0. The van der Waals surface area contributed by atoms with Crippen LogP contribution in [0.2, 0.25) is 0 Å². The molecule has 0 spiro atoms. The van der Waals surface area contributed by atoms with Crippen LogP contribution in [0.25, 0.3) is 0 Å². The highest BCUT2D eigenvalue weighted by atomic mass is 16.3. The quantitative estimate of drug-likeness (QED) is 0.722. The number of aromatic amines is 1. The lowest BCUT2D eigenvalue weighted by Gasteiger charge is -2.37. The SMILES string of the molecule is Cc1n[nH]c(C)c1CC(C)C(=O)NCC1(CCO)CCCCC1. The normalized spacial score (nSPS) is 18.6. The molecule has 1 heterocycles. The third-order valence-electron chi connectivity index (χ3n) is 5.43. The maximum Gasteiger partial charge on any atom is 0.223 e. The highest BCUT2D eigenvalue weighted by Crippen LogP contribution is 2.38. The topological polar surface area (TPSA) is 78.0 Å². The Morgan fingerprint density at radius 1 is 1.35 bits per heavy atom. The Kier molecular flexibility index (Phi) is 6.22. The zero-order chi connectivity index (χ0) is 16.9. The molecule has 0 saturated heterocycles. The van der Waals surface area contributed by atoms with E-state index in [0.29, 0.717) is 13.0 Å². The van der Waals surface area contributed by atoms with Crippen LogP contribution in [0.1, 0.15) is 62.4 Å². The fraction of sp³-hybridized carbons (Fsp3) is 0.778. The number of carbonyl (C=O) groups is 1. The Morgan fingerprint density at radius 2 is 2.04 bits per heavy atom. The van der Waals surface area contributed by atoms with Gasteiger partial charge in [-0.25, -0.2) is 0 Å². The summed E-state index contributed by atoms with van der Waals surface area (Å²) in [5.41, 5.74) is 3.27. The average Bonchev–Trinajstić information content (AvgIpc) is 2.85. The van der Waals surface area contributed by atoms with Gasteiger partial charge in [0.2, 0.25) is 5.91 Å². The molecule has 2 rings (SSSR count). The molecule has 3 N–H and O–H groups in total. The predicted octanol–water partition coefficient (Wildman–Crippen LogP) is 2.65. The number of carbonyl (C=O) groups excluding carboxylic acids is 1. The van der Waals surface area contributed by atoms with Gasteiger partial charge in [-0.3, -0.25) is 9.89 Å². The van der Waals surface area contributed by atoms with E-state index >= 15 is 0 Å². The lowest BCUT2D eigenvalue weighted by atomic mass is 9.72. The van der Waals surface area contributed by atoms with Crippen LogP contribution in [-0.4, -0.2) is 34.4 Å². The molecule has 1 fully saturated rings. The van der Waals surface area contributed by atoms with E-state index in [0.717, 1.165) is 36.2 Å². The summed E-state index contributed by atoms with van der Waals surface area (Å²) >= 11 is 0. The summed E-state index contributed by atoms with van der Waals surface area (Å²) in [4.78, 5) is 12.5. The molecule has 130 valence electrons. The molecule has 5 nitrogen and oxygen atoms in total. The van der Waals surface area contributed by atoms with Gasteiger partial charge in [0.1, 0.15) is 0 Å². The molecular weight excluding hydrogens is 290 g/mol. The lowest BCUT2D eigenvalue weighted by molar-refractivity contribution is -0.125. The standard InChI is InChI=1S/C18H31N3O2/c1-13(11-16-14(2)20-21-15(16)3)17(23)19-12-18(9-10-22)7-5-4-6-8-18/h13,22H,4-12H2,1-3H3,(H,19,23)(H,20,21). The summed E-state index contributed by atoms with van der Waals surface area (Å²) in [7, 11) is 0. The van der Waals surface area contributed by atoms with Crippen molar-refractivity contribution >= 4 is 5.91 Å². The third-order valence-corrected chi connectivity index (χ3v) is 5.43. The van der Waals surface area contributed by atoms with E-state index < -0.39 is 0 Å². The number of aliphatic hydroxyl groups is 1. The zero-order valence-corrected chi connectivity index (χ0v) is 14.7. The van der Waals surface area contributed by atoms with Gasteiger partial charge in [0.05, 0.1) is 5.69 Å². The van der Waals surface area contributed by atoms with Crippen molar-refractivity contribution in [3.63, 3.8) is 0 Å². The number of rotatable bonds is 7. The number of nitrogens with zero attached hydrogens (tertiary/aromatic N) is 1. The molecule has 0 aliphatic heterocycles. The average molecular weight is 321 g/mol. The van der Waals surface area contributed by atoms with Crippen LogP contribution in [0.15, 0.2) is 0 Å². The molecule has 1 aromatic rings. The fourth-order valence-electron chi connectivity index (χ4n) is 3.78. The van der Waals surface area contributed by atoms with E-state index in [1.807, 2.05) is 20.8 Å². The summed E-state index contributed by atoms with van der Waals surface area (Å²) in [5, 5.41) is 19.7. The molecule has 1 atom stereocenters. The van der Waals surface area contributed by atoms with Crippen molar-refractivity contribution in [3.05, 3.63) is 17.0 Å². The number of hydrogen-bond acceptors (Lipinski definition) is 3. The second-order valence-electron chi connectivity index (χ2n) is 7.27. The van der Waals surface area contributed by atoms with Crippen LogP contribution in [0.4, 0.5) is 0 Å². The van der Waals surface area contributed by atoms with Crippen LogP contribution in [-0.2, 0) is 11.2 Å². The summed E-state index contributed by atoms with van der Waals surface area (Å²) in [6.45, 7) is 6.85. The summed E-state index contributed by atoms with van der Waals surface area (Å²) < 4.78 is 0.